The summed E-state index contributed by atoms with van der Waals surface area (Å²) in [6.07, 6.45) is 6.20. The van der Waals surface area contributed by atoms with Gasteiger partial charge in [-0.25, -0.2) is 4.98 Å². The Labute approximate surface area is 191 Å². The van der Waals surface area contributed by atoms with Gasteiger partial charge in [0.2, 0.25) is 5.91 Å². The maximum absolute atomic E-state index is 13.4. The van der Waals surface area contributed by atoms with Gasteiger partial charge in [0, 0.05) is 11.5 Å². The monoisotopic (exact) mass is 474 g/mol. The topological polar surface area (TPSA) is 115 Å². The molecule has 5 rings (SSSR count). The lowest BCUT2D eigenvalue weighted by Gasteiger charge is -2.16. The van der Waals surface area contributed by atoms with E-state index in [4.69, 9.17) is 14.1 Å². The molecule has 2 N–H and O–H groups in total. The molecule has 2 aliphatic rings. The number of aryl methyl sites for hydroxylation is 2. The molecule has 1 aliphatic heterocycles. The number of hydrogen-bond acceptors (Lipinski definition) is 8. The molecule has 1 atom stereocenters. The van der Waals surface area contributed by atoms with Crippen LogP contribution in [0.4, 0.5) is 0 Å². The van der Waals surface area contributed by atoms with Gasteiger partial charge in [0.25, 0.3) is 5.56 Å². The van der Waals surface area contributed by atoms with E-state index in [2.05, 4.69) is 10.9 Å². The number of furan rings is 1. The van der Waals surface area contributed by atoms with E-state index in [-0.39, 0.29) is 23.2 Å². The van der Waals surface area contributed by atoms with Gasteiger partial charge in [-0.05, 0) is 49.8 Å². The van der Waals surface area contributed by atoms with Crippen molar-refractivity contribution in [3.05, 3.63) is 45.0 Å². The van der Waals surface area contributed by atoms with Crippen molar-refractivity contribution in [2.75, 3.05) is 12.4 Å². The summed E-state index contributed by atoms with van der Waals surface area (Å²) in [5, 5.41) is 1.21. The number of nitrogens with zero attached hydrogens (tertiary/aromatic N) is 2. The van der Waals surface area contributed by atoms with Crippen LogP contribution in [-0.4, -0.2) is 39.8 Å². The summed E-state index contributed by atoms with van der Waals surface area (Å²) in [6, 6.07) is 3.08. The molecule has 11 heteroatoms. The highest BCUT2D eigenvalue weighted by molar-refractivity contribution is 7.99. The van der Waals surface area contributed by atoms with Gasteiger partial charge in [-0.15, -0.1) is 11.3 Å². The second kappa shape index (κ2) is 9.08. The number of ether oxygens (including phenoxy) is 1. The summed E-state index contributed by atoms with van der Waals surface area (Å²) in [4.78, 5) is 44.4. The minimum atomic E-state index is -0.545. The van der Waals surface area contributed by atoms with E-state index in [0.29, 0.717) is 18.3 Å². The van der Waals surface area contributed by atoms with Gasteiger partial charge in [-0.2, -0.15) is 0 Å². The molecule has 0 aromatic carbocycles. The van der Waals surface area contributed by atoms with Crippen molar-refractivity contribution in [3.8, 4) is 0 Å². The molecule has 0 bridgehead atoms. The van der Waals surface area contributed by atoms with Gasteiger partial charge >= 0.3 is 5.91 Å². The van der Waals surface area contributed by atoms with Crippen molar-refractivity contribution in [3.63, 3.8) is 0 Å². The number of hydrogen-bond donors (Lipinski definition) is 2. The largest absolute Gasteiger partial charge is 0.459 e. The molecular formula is C21H22N4O5S2. The Bertz CT molecular complexity index is 1210. The molecule has 1 fully saturated rings. The highest BCUT2D eigenvalue weighted by Gasteiger charge is 2.26. The van der Waals surface area contributed by atoms with Crippen LogP contribution in [0.3, 0.4) is 0 Å². The summed E-state index contributed by atoms with van der Waals surface area (Å²) < 4.78 is 12.4. The number of thioether (sulfide) groups is 1. The number of hydrazine groups is 1. The number of fused-ring (bicyclic) bond motifs is 3. The molecular weight excluding hydrogens is 452 g/mol. The van der Waals surface area contributed by atoms with Crippen molar-refractivity contribution < 1.29 is 18.7 Å². The fourth-order valence-electron chi connectivity index (χ4n) is 4.08. The predicted molar refractivity (Wildman–Crippen MR) is 120 cm³/mol. The Hall–Kier alpha value is -2.63. The SMILES string of the molecule is O=C(CSc1nc2sc3c(c2c(=O)n1CC1CCCO1)CCC3)NNC(=O)c1ccco1. The number of aromatic nitrogens is 2. The van der Waals surface area contributed by atoms with Crippen LogP contribution in [-0.2, 0) is 28.9 Å². The van der Waals surface area contributed by atoms with E-state index < -0.39 is 11.8 Å². The minimum Gasteiger partial charge on any atom is -0.459 e. The number of rotatable bonds is 6. The molecule has 1 unspecified atom stereocenters. The lowest BCUT2D eigenvalue weighted by Crippen LogP contribution is -2.42. The smallest absolute Gasteiger partial charge is 0.305 e. The first-order chi connectivity index (χ1) is 15.6. The van der Waals surface area contributed by atoms with Crippen molar-refractivity contribution >= 4 is 45.1 Å². The number of thiophene rings is 1. The first-order valence-corrected chi connectivity index (χ1v) is 12.3. The highest BCUT2D eigenvalue weighted by atomic mass is 32.2. The molecule has 4 heterocycles. The normalized spacial score (nSPS) is 17.6. The second-order valence-electron chi connectivity index (χ2n) is 7.75. The molecule has 1 saturated heterocycles. The van der Waals surface area contributed by atoms with Crippen LogP contribution in [0.25, 0.3) is 10.2 Å². The third kappa shape index (κ3) is 4.19. The van der Waals surface area contributed by atoms with Gasteiger partial charge in [0.1, 0.15) is 4.83 Å². The summed E-state index contributed by atoms with van der Waals surface area (Å²) in [5.74, 6) is -0.869. The van der Waals surface area contributed by atoms with E-state index in [1.165, 1.54) is 29.0 Å². The fourth-order valence-corrected chi connectivity index (χ4v) is 6.19. The zero-order chi connectivity index (χ0) is 22.1. The lowest BCUT2D eigenvalue weighted by atomic mass is 10.2. The van der Waals surface area contributed by atoms with Gasteiger partial charge in [-0.3, -0.25) is 29.8 Å². The highest BCUT2D eigenvalue weighted by Crippen LogP contribution is 2.35. The van der Waals surface area contributed by atoms with Crippen LogP contribution in [0.1, 0.15) is 40.3 Å². The molecule has 0 radical (unpaired) electrons. The van der Waals surface area contributed by atoms with Gasteiger partial charge in [0.15, 0.2) is 10.9 Å². The Morgan fingerprint density at radius 2 is 2.19 bits per heavy atom. The summed E-state index contributed by atoms with van der Waals surface area (Å²) in [6.45, 7) is 1.12. The molecule has 9 nitrogen and oxygen atoms in total. The third-order valence-electron chi connectivity index (χ3n) is 5.59. The summed E-state index contributed by atoms with van der Waals surface area (Å²) in [5.41, 5.74) is 5.75. The average Bonchev–Trinajstić information content (AvgIpc) is 3.57. The van der Waals surface area contributed by atoms with Crippen LogP contribution in [0.2, 0.25) is 0 Å². The zero-order valence-electron chi connectivity index (χ0n) is 17.2. The standard InChI is InChI=1S/C21H22N4O5S2/c26-16(23-24-18(27)14-6-3-9-30-14)11-31-21-22-19-17(13-5-1-7-15(13)32-19)20(28)25(21)10-12-4-2-8-29-12/h3,6,9,12H,1-2,4-5,7-8,10-11H2,(H,23,26)(H,24,27). The molecule has 2 amide bonds. The van der Waals surface area contributed by atoms with Gasteiger partial charge in [0.05, 0.1) is 30.1 Å². The van der Waals surface area contributed by atoms with E-state index in [1.807, 2.05) is 0 Å². The average molecular weight is 475 g/mol. The first kappa shape index (κ1) is 21.2. The van der Waals surface area contributed by atoms with E-state index >= 15 is 0 Å². The minimum absolute atomic E-state index is 0.00695. The molecule has 168 valence electrons. The summed E-state index contributed by atoms with van der Waals surface area (Å²) in [7, 11) is 0. The Kier molecular flexibility index (Phi) is 6.03. The molecule has 0 saturated carbocycles. The molecule has 32 heavy (non-hydrogen) atoms. The second-order valence-corrected chi connectivity index (χ2v) is 9.78. The molecule has 3 aromatic rings. The summed E-state index contributed by atoms with van der Waals surface area (Å²) >= 11 is 2.75. The maximum Gasteiger partial charge on any atom is 0.305 e. The van der Waals surface area contributed by atoms with Crippen molar-refractivity contribution in [2.45, 2.75) is 49.9 Å². The van der Waals surface area contributed by atoms with E-state index in [0.717, 1.165) is 47.9 Å². The van der Waals surface area contributed by atoms with Crippen LogP contribution in [0.15, 0.2) is 32.8 Å². The quantitative estimate of drug-likeness (QED) is 0.320. The van der Waals surface area contributed by atoms with Gasteiger partial charge < -0.3 is 9.15 Å². The molecule has 0 spiro atoms. The Balaban J connectivity index is 1.34. The fraction of sp³-hybridized carbons (Fsp3) is 0.429. The van der Waals surface area contributed by atoms with E-state index in [1.54, 1.807) is 22.0 Å². The van der Waals surface area contributed by atoms with Crippen molar-refractivity contribution in [1.29, 1.82) is 0 Å². The number of amides is 2. The van der Waals surface area contributed by atoms with Crippen LogP contribution in [0.5, 0.6) is 0 Å². The zero-order valence-corrected chi connectivity index (χ0v) is 18.9. The van der Waals surface area contributed by atoms with Crippen molar-refractivity contribution in [2.24, 2.45) is 0 Å². The number of carbonyl (C=O) groups excluding carboxylic acids is 2. The lowest BCUT2D eigenvalue weighted by molar-refractivity contribution is -0.119. The number of carbonyl (C=O) groups is 2. The third-order valence-corrected chi connectivity index (χ3v) is 7.75. The van der Waals surface area contributed by atoms with Gasteiger partial charge in [-0.1, -0.05) is 11.8 Å². The number of nitrogens with one attached hydrogen (secondary N) is 2. The van der Waals surface area contributed by atoms with Crippen LogP contribution in [0, 0.1) is 0 Å². The van der Waals surface area contributed by atoms with E-state index in [9.17, 15) is 14.4 Å². The van der Waals surface area contributed by atoms with Crippen LogP contribution < -0.4 is 16.4 Å². The first-order valence-electron chi connectivity index (χ1n) is 10.5. The predicted octanol–water partition coefficient (Wildman–Crippen LogP) is 2.27. The Morgan fingerprint density at radius 3 is 2.97 bits per heavy atom. The molecule has 1 aliphatic carbocycles. The Morgan fingerprint density at radius 1 is 1.28 bits per heavy atom. The maximum atomic E-state index is 13.4. The van der Waals surface area contributed by atoms with Crippen molar-refractivity contribution in [1.82, 2.24) is 20.4 Å². The van der Waals surface area contributed by atoms with Crippen LogP contribution >= 0.6 is 23.1 Å². The molecule has 3 aromatic heterocycles.